The van der Waals surface area contributed by atoms with Crippen molar-refractivity contribution in [3.05, 3.63) is 56.5 Å². The molecule has 0 unspecified atom stereocenters. The highest BCUT2D eigenvalue weighted by molar-refractivity contribution is 8.00. The van der Waals surface area contributed by atoms with Crippen molar-refractivity contribution < 1.29 is 19.5 Å². The van der Waals surface area contributed by atoms with E-state index in [1.165, 1.54) is 16.2 Å². The number of imide groups is 1. The van der Waals surface area contributed by atoms with Gasteiger partial charge < -0.3 is 10.1 Å². The maximum atomic E-state index is 13.4. The number of fused-ring (bicyclic) bond motifs is 9. The fourth-order valence-electron chi connectivity index (χ4n) is 6.73. The summed E-state index contributed by atoms with van der Waals surface area (Å²) < 4.78 is 0. The molecule has 3 heterocycles. The standard InChI is InChI=1S/C25H24N2O5S2/c28-16(29)7-4-10-27-23(30)18-14-11-15(19(18)24(27)31)20-17(14)13(9-8-12-5-2-1-3-6-12)21-22(33-20)26-25(32)34-21/h1-3,5-6,8-9,13-15,17-20H,4,7,10-11H2,(H,26,32)(H,28,29)/b9-8+/t13-,14+,15-,17+,18-,19-,20-/m1/s1. The topological polar surface area (TPSA) is 108 Å². The number of hydrogen-bond donors (Lipinski definition) is 2. The molecule has 1 saturated heterocycles. The Labute approximate surface area is 204 Å². The van der Waals surface area contributed by atoms with Crippen molar-refractivity contribution in [2.45, 2.75) is 35.5 Å². The molecule has 34 heavy (non-hydrogen) atoms. The van der Waals surface area contributed by atoms with Gasteiger partial charge in [0.05, 0.1) is 16.9 Å². The number of carbonyl (C=O) groups excluding carboxylic acids is 2. The summed E-state index contributed by atoms with van der Waals surface area (Å²) in [6.45, 7) is 0.177. The summed E-state index contributed by atoms with van der Waals surface area (Å²) >= 11 is 2.92. The largest absolute Gasteiger partial charge is 0.481 e. The summed E-state index contributed by atoms with van der Waals surface area (Å²) in [6.07, 6.45) is 5.35. The van der Waals surface area contributed by atoms with Gasteiger partial charge in [0, 0.05) is 29.0 Å². The summed E-state index contributed by atoms with van der Waals surface area (Å²) in [5.41, 5.74) is 1.08. The van der Waals surface area contributed by atoms with Gasteiger partial charge in [0.25, 0.3) is 0 Å². The van der Waals surface area contributed by atoms with Gasteiger partial charge >= 0.3 is 10.8 Å². The molecule has 2 saturated carbocycles. The van der Waals surface area contributed by atoms with E-state index in [4.69, 9.17) is 5.11 Å². The van der Waals surface area contributed by atoms with Crippen LogP contribution in [0.3, 0.4) is 0 Å². The number of nitrogens with one attached hydrogen (secondary N) is 1. The van der Waals surface area contributed by atoms with Crippen LogP contribution in [0.2, 0.25) is 0 Å². The van der Waals surface area contributed by atoms with Gasteiger partial charge in [-0.05, 0) is 36.2 Å². The minimum atomic E-state index is -0.921. The normalized spacial score (nSPS) is 33.4. The number of hydrogen-bond acceptors (Lipinski definition) is 6. The van der Waals surface area contributed by atoms with Crippen molar-refractivity contribution >= 4 is 47.0 Å². The smallest absolute Gasteiger partial charge is 0.305 e. The van der Waals surface area contributed by atoms with Gasteiger partial charge in [-0.2, -0.15) is 0 Å². The maximum Gasteiger partial charge on any atom is 0.305 e. The lowest BCUT2D eigenvalue weighted by Gasteiger charge is -2.41. The fourth-order valence-corrected chi connectivity index (χ4v) is 9.59. The fraction of sp³-hybridized carbons (Fsp3) is 0.440. The molecule has 0 radical (unpaired) electrons. The minimum Gasteiger partial charge on any atom is -0.481 e. The second-order valence-electron chi connectivity index (χ2n) is 9.60. The Morgan fingerprint density at radius 3 is 2.59 bits per heavy atom. The highest BCUT2D eigenvalue weighted by Gasteiger charge is 2.69. The summed E-state index contributed by atoms with van der Waals surface area (Å²) in [7, 11) is 0. The lowest BCUT2D eigenvalue weighted by atomic mass is 9.69. The second kappa shape index (κ2) is 8.23. The number of carboxylic acid groups (broad SMARTS) is 1. The molecule has 4 aliphatic rings. The number of likely N-dealkylation sites (tertiary alicyclic amines) is 1. The van der Waals surface area contributed by atoms with E-state index >= 15 is 0 Å². The zero-order valence-corrected chi connectivity index (χ0v) is 19.9. The van der Waals surface area contributed by atoms with Crippen molar-refractivity contribution in [1.29, 1.82) is 0 Å². The molecular formula is C25H24N2O5S2. The molecule has 1 aromatic heterocycles. The van der Waals surface area contributed by atoms with Gasteiger partial charge in [-0.15, -0.1) is 11.8 Å². The Morgan fingerprint density at radius 2 is 1.85 bits per heavy atom. The van der Waals surface area contributed by atoms with E-state index in [0.29, 0.717) is 0 Å². The molecule has 3 fully saturated rings. The molecule has 2 bridgehead atoms. The second-order valence-corrected chi connectivity index (χ2v) is 11.8. The molecule has 176 valence electrons. The van der Waals surface area contributed by atoms with E-state index in [0.717, 1.165) is 21.9 Å². The van der Waals surface area contributed by atoms with Crippen molar-refractivity contribution in [3.8, 4) is 0 Å². The van der Waals surface area contributed by atoms with Gasteiger partial charge in [-0.1, -0.05) is 53.8 Å². The van der Waals surface area contributed by atoms with Crippen LogP contribution in [-0.4, -0.2) is 44.6 Å². The van der Waals surface area contributed by atoms with Crippen LogP contribution in [0.5, 0.6) is 0 Å². The first kappa shape index (κ1) is 21.9. The summed E-state index contributed by atoms with van der Waals surface area (Å²) in [4.78, 5) is 55.0. The Hall–Kier alpha value is -2.65. The van der Waals surface area contributed by atoms with Crippen LogP contribution in [0.1, 0.15) is 35.6 Å². The van der Waals surface area contributed by atoms with E-state index < -0.39 is 5.97 Å². The van der Waals surface area contributed by atoms with E-state index in [-0.39, 0.29) is 76.8 Å². The third-order valence-electron chi connectivity index (χ3n) is 7.93. The number of thiazole rings is 1. The number of aliphatic carboxylic acids is 1. The van der Waals surface area contributed by atoms with Crippen LogP contribution < -0.4 is 4.87 Å². The summed E-state index contributed by atoms with van der Waals surface area (Å²) in [6, 6.07) is 10.0. The molecule has 2 aromatic rings. The average molecular weight is 497 g/mol. The third kappa shape index (κ3) is 3.32. The summed E-state index contributed by atoms with van der Waals surface area (Å²) in [5.74, 6) is -1.44. The van der Waals surface area contributed by atoms with Crippen LogP contribution in [0, 0.1) is 29.6 Å². The SMILES string of the molecule is O=C(O)CCCN1C(=O)[C@@H]2[C@H]3C[C@@H]([C@H]4Sc5[nH]c(=O)sc5[C@H](/C=C/c5ccccc5)[C@@H]34)[C@H]2C1=O. The van der Waals surface area contributed by atoms with Gasteiger partial charge in [0.1, 0.15) is 0 Å². The zero-order chi connectivity index (χ0) is 23.6. The average Bonchev–Trinajstić information content (AvgIpc) is 3.54. The summed E-state index contributed by atoms with van der Waals surface area (Å²) in [5, 5.41) is 10.0. The maximum absolute atomic E-state index is 13.4. The van der Waals surface area contributed by atoms with E-state index in [1.807, 2.05) is 30.3 Å². The molecule has 7 nitrogen and oxygen atoms in total. The first-order valence-electron chi connectivity index (χ1n) is 11.6. The molecule has 2 aliphatic carbocycles. The highest BCUT2D eigenvalue weighted by Crippen LogP contribution is 2.67. The first-order chi connectivity index (χ1) is 16.4. The van der Waals surface area contributed by atoms with E-state index in [2.05, 4.69) is 17.1 Å². The minimum absolute atomic E-state index is 0.0188. The molecule has 6 rings (SSSR count). The number of rotatable bonds is 6. The number of H-pyrrole nitrogens is 1. The quantitative estimate of drug-likeness (QED) is 0.594. The van der Waals surface area contributed by atoms with Gasteiger partial charge in [0.2, 0.25) is 11.8 Å². The van der Waals surface area contributed by atoms with E-state index in [9.17, 15) is 19.2 Å². The number of aromatic nitrogens is 1. The third-order valence-corrected chi connectivity index (χ3v) is 10.5. The lowest BCUT2D eigenvalue weighted by molar-refractivity contribution is -0.142. The van der Waals surface area contributed by atoms with Crippen molar-refractivity contribution in [2.24, 2.45) is 29.6 Å². The Morgan fingerprint density at radius 1 is 1.12 bits per heavy atom. The number of carboxylic acids is 1. The van der Waals surface area contributed by atoms with Crippen molar-refractivity contribution in [3.63, 3.8) is 0 Å². The monoisotopic (exact) mass is 496 g/mol. The number of nitrogens with zero attached hydrogens (tertiary/aromatic N) is 1. The predicted octanol–water partition coefficient (Wildman–Crippen LogP) is 3.44. The predicted molar refractivity (Wildman–Crippen MR) is 128 cm³/mol. The first-order valence-corrected chi connectivity index (χ1v) is 13.3. The number of thioether (sulfide) groups is 1. The van der Waals surface area contributed by atoms with Gasteiger partial charge in [0.15, 0.2) is 0 Å². The van der Waals surface area contributed by atoms with Crippen LogP contribution in [0.4, 0.5) is 0 Å². The molecule has 2 amide bonds. The number of allylic oxidation sites excluding steroid dienone is 1. The molecule has 2 N–H and O–H groups in total. The van der Waals surface area contributed by atoms with Crippen LogP contribution >= 0.6 is 23.1 Å². The number of benzene rings is 1. The van der Waals surface area contributed by atoms with Crippen LogP contribution in [0.25, 0.3) is 6.08 Å². The van der Waals surface area contributed by atoms with E-state index in [1.54, 1.807) is 11.8 Å². The molecule has 0 spiro atoms. The molecule has 7 atom stereocenters. The molecule has 9 heteroatoms. The number of amides is 2. The number of carbonyl (C=O) groups is 3. The number of aromatic amines is 1. The Kier molecular flexibility index (Phi) is 5.29. The van der Waals surface area contributed by atoms with Gasteiger partial charge in [-0.3, -0.25) is 24.1 Å². The Balaban J connectivity index is 1.33. The van der Waals surface area contributed by atoms with Crippen molar-refractivity contribution in [1.82, 2.24) is 9.88 Å². The van der Waals surface area contributed by atoms with Crippen molar-refractivity contribution in [2.75, 3.05) is 6.54 Å². The Bertz CT molecular complexity index is 1250. The molecule has 1 aromatic carbocycles. The molecular weight excluding hydrogens is 472 g/mol. The lowest BCUT2D eigenvalue weighted by Crippen LogP contribution is -2.42. The van der Waals surface area contributed by atoms with Crippen LogP contribution in [-0.2, 0) is 14.4 Å². The zero-order valence-electron chi connectivity index (χ0n) is 18.3. The highest BCUT2D eigenvalue weighted by atomic mass is 32.2. The van der Waals surface area contributed by atoms with Crippen LogP contribution in [0.15, 0.2) is 46.2 Å². The molecule has 2 aliphatic heterocycles. The van der Waals surface area contributed by atoms with Gasteiger partial charge in [-0.25, -0.2) is 0 Å².